The second-order valence-electron chi connectivity index (χ2n) is 4.91. The molecule has 0 spiro atoms. The molecule has 0 unspecified atom stereocenters. The van der Waals surface area contributed by atoms with E-state index in [0.717, 1.165) is 25.7 Å². The van der Waals surface area contributed by atoms with Crippen molar-refractivity contribution in [2.75, 3.05) is 0 Å². The van der Waals surface area contributed by atoms with Crippen molar-refractivity contribution < 1.29 is 8.91 Å². The second kappa shape index (κ2) is 4.58. The summed E-state index contributed by atoms with van der Waals surface area (Å²) < 4.78 is 18.3. The van der Waals surface area contributed by atoms with Crippen LogP contribution in [0.15, 0.2) is 22.7 Å². The van der Waals surface area contributed by atoms with Crippen molar-refractivity contribution in [1.29, 1.82) is 0 Å². The van der Waals surface area contributed by atoms with Crippen LogP contribution in [-0.4, -0.2) is 10.1 Å². The van der Waals surface area contributed by atoms with E-state index in [0.29, 0.717) is 17.3 Å². The van der Waals surface area contributed by atoms with Crippen molar-refractivity contribution in [3.63, 3.8) is 0 Å². The molecule has 0 amide bonds. The summed E-state index contributed by atoms with van der Waals surface area (Å²) in [6, 6.07) is 4.07. The van der Waals surface area contributed by atoms with Gasteiger partial charge in [0, 0.05) is 5.56 Å². The van der Waals surface area contributed by atoms with Gasteiger partial charge in [-0.2, -0.15) is 4.98 Å². The predicted molar refractivity (Wildman–Crippen MR) is 69.0 cm³/mol. The van der Waals surface area contributed by atoms with Crippen molar-refractivity contribution >= 4 is 11.6 Å². The molecule has 1 heterocycles. The molecule has 0 aliphatic heterocycles. The Hall–Kier alpha value is -1.46. The van der Waals surface area contributed by atoms with E-state index in [1.54, 1.807) is 0 Å². The van der Waals surface area contributed by atoms with Gasteiger partial charge >= 0.3 is 0 Å². The van der Waals surface area contributed by atoms with Gasteiger partial charge in [0.2, 0.25) is 11.7 Å². The van der Waals surface area contributed by atoms with Crippen LogP contribution in [-0.2, 0) is 5.54 Å². The first-order valence-corrected chi connectivity index (χ1v) is 6.55. The van der Waals surface area contributed by atoms with Crippen LogP contribution in [0.25, 0.3) is 11.4 Å². The second-order valence-corrected chi connectivity index (χ2v) is 5.32. The number of hydrogen-bond acceptors (Lipinski definition) is 4. The first-order chi connectivity index (χ1) is 9.08. The van der Waals surface area contributed by atoms with Crippen LogP contribution in [0.4, 0.5) is 4.39 Å². The molecule has 6 heteroatoms. The Labute approximate surface area is 114 Å². The molecule has 19 heavy (non-hydrogen) atoms. The molecule has 3 rings (SSSR count). The zero-order valence-electron chi connectivity index (χ0n) is 10.2. The van der Waals surface area contributed by atoms with Gasteiger partial charge in [0.05, 0.1) is 10.6 Å². The lowest BCUT2D eigenvalue weighted by molar-refractivity contribution is 0.285. The van der Waals surface area contributed by atoms with Crippen molar-refractivity contribution in [2.45, 2.75) is 31.2 Å². The molecule has 1 fully saturated rings. The van der Waals surface area contributed by atoms with E-state index in [9.17, 15) is 4.39 Å². The standard InChI is InChI=1S/C13H13ClFN3O/c14-10-7-8(15)3-4-9(10)11-17-12(19-18-11)13(16)5-1-2-6-13/h3-4,7H,1-2,5-6,16H2. The SMILES string of the molecule is NC1(c2nc(-c3ccc(F)cc3Cl)no2)CCCC1. The Morgan fingerprint density at radius 3 is 2.74 bits per heavy atom. The first kappa shape index (κ1) is 12.6. The van der Waals surface area contributed by atoms with E-state index in [1.807, 2.05) is 0 Å². The van der Waals surface area contributed by atoms with E-state index < -0.39 is 11.4 Å². The monoisotopic (exact) mass is 281 g/mol. The fraction of sp³-hybridized carbons (Fsp3) is 0.385. The van der Waals surface area contributed by atoms with Gasteiger partial charge in [0.25, 0.3) is 0 Å². The average molecular weight is 282 g/mol. The molecule has 100 valence electrons. The zero-order valence-corrected chi connectivity index (χ0v) is 11.0. The van der Waals surface area contributed by atoms with Gasteiger partial charge in [0.1, 0.15) is 5.82 Å². The molecule has 1 aromatic heterocycles. The summed E-state index contributed by atoms with van der Waals surface area (Å²) >= 11 is 5.97. The Morgan fingerprint density at radius 2 is 2.05 bits per heavy atom. The third-order valence-electron chi connectivity index (χ3n) is 3.52. The lowest BCUT2D eigenvalue weighted by Crippen LogP contribution is -2.33. The van der Waals surface area contributed by atoms with Gasteiger partial charge in [-0.05, 0) is 31.0 Å². The maximum Gasteiger partial charge on any atom is 0.247 e. The average Bonchev–Trinajstić information content (AvgIpc) is 2.99. The molecule has 0 saturated heterocycles. The van der Waals surface area contributed by atoms with E-state index >= 15 is 0 Å². The Morgan fingerprint density at radius 1 is 1.32 bits per heavy atom. The lowest BCUT2D eigenvalue weighted by Gasteiger charge is -2.17. The van der Waals surface area contributed by atoms with E-state index in [1.165, 1.54) is 18.2 Å². The highest BCUT2D eigenvalue weighted by atomic mass is 35.5. The summed E-state index contributed by atoms with van der Waals surface area (Å²) in [6.07, 6.45) is 3.80. The summed E-state index contributed by atoms with van der Waals surface area (Å²) in [5, 5.41) is 4.15. The van der Waals surface area contributed by atoms with Gasteiger partial charge in [-0.15, -0.1) is 0 Å². The fourth-order valence-corrected chi connectivity index (χ4v) is 2.68. The minimum absolute atomic E-state index is 0.254. The zero-order chi connectivity index (χ0) is 13.5. The highest BCUT2D eigenvalue weighted by Gasteiger charge is 2.37. The lowest BCUT2D eigenvalue weighted by atomic mass is 9.99. The van der Waals surface area contributed by atoms with Gasteiger partial charge in [-0.25, -0.2) is 4.39 Å². The first-order valence-electron chi connectivity index (χ1n) is 6.17. The van der Waals surface area contributed by atoms with Crippen molar-refractivity contribution in [2.24, 2.45) is 5.73 Å². The summed E-state index contributed by atoms with van der Waals surface area (Å²) in [4.78, 5) is 4.32. The third kappa shape index (κ3) is 2.24. The number of aromatic nitrogens is 2. The van der Waals surface area contributed by atoms with Crippen LogP contribution in [0.3, 0.4) is 0 Å². The fourth-order valence-electron chi connectivity index (χ4n) is 2.43. The molecule has 1 aliphatic carbocycles. The third-order valence-corrected chi connectivity index (χ3v) is 3.83. The minimum Gasteiger partial charge on any atom is -0.337 e. The molecule has 0 radical (unpaired) electrons. The van der Waals surface area contributed by atoms with E-state index in [4.69, 9.17) is 21.9 Å². The molecular weight excluding hydrogens is 269 g/mol. The topological polar surface area (TPSA) is 64.9 Å². The van der Waals surface area contributed by atoms with Crippen LogP contribution in [0.2, 0.25) is 5.02 Å². The Balaban J connectivity index is 1.97. The maximum absolute atomic E-state index is 13.0. The Kier molecular flexibility index (Phi) is 3.03. The molecule has 1 saturated carbocycles. The quantitative estimate of drug-likeness (QED) is 0.917. The van der Waals surface area contributed by atoms with Crippen molar-refractivity contribution in [3.8, 4) is 11.4 Å². The summed E-state index contributed by atoms with van der Waals surface area (Å²) in [5.41, 5.74) is 6.26. The number of nitrogens with zero attached hydrogens (tertiary/aromatic N) is 2. The molecule has 1 aromatic carbocycles. The van der Waals surface area contributed by atoms with Crippen LogP contribution in [0.1, 0.15) is 31.6 Å². The van der Waals surface area contributed by atoms with E-state index in [2.05, 4.69) is 10.1 Å². The number of halogens is 2. The number of rotatable bonds is 2. The van der Waals surface area contributed by atoms with Gasteiger partial charge in [0.15, 0.2) is 0 Å². The summed E-state index contributed by atoms with van der Waals surface area (Å²) in [7, 11) is 0. The predicted octanol–water partition coefficient (Wildman–Crippen LogP) is 3.26. The largest absolute Gasteiger partial charge is 0.337 e. The Bertz CT molecular complexity index is 608. The van der Waals surface area contributed by atoms with Gasteiger partial charge in [-0.3, -0.25) is 0 Å². The van der Waals surface area contributed by atoms with Gasteiger partial charge in [-0.1, -0.05) is 29.6 Å². The normalized spacial score (nSPS) is 17.8. The minimum atomic E-state index is -0.530. The van der Waals surface area contributed by atoms with Crippen molar-refractivity contribution in [1.82, 2.24) is 10.1 Å². The van der Waals surface area contributed by atoms with Crippen LogP contribution in [0.5, 0.6) is 0 Å². The molecule has 0 bridgehead atoms. The van der Waals surface area contributed by atoms with Crippen molar-refractivity contribution in [3.05, 3.63) is 34.9 Å². The van der Waals surface area contributed by atoms with Crippen LogP contribution >= 0.6 is 11.6 Å². The van der Waals surface area contributed by atoms with Crippen LogP contribution in [0, 0.1) is 5.82 Å². The molecule has 2 aromatic rings. The molecule has 4 nitrogen and oxygen atoms in total. The smallest absolute Gasteiger partial charge is 0.247 e. The highest BCUT2D eigenvalue weighted by Crippen LogP contribution is 2.36. The molecule has 1 aliphatic rings. The number of hydrogen-bond donors (Lipinski definition) is 1. The molecule has 0 atom stereocenters. The van der Waals surface area contributed by atoms with Gasteiger partial charge < -0.3 is 10.3 Å². The number of nitrogens with two attached hydrogens (primary N) is 1. The van der Waals surface area contributed by atoms with E-state index in [-0.39, 0.29) is 5.02 Å². The highest BCUT2D eigenvalue weighted by molar-refractivity contribution is 6.33. The molecule has 2 N–H and O–H groups in total. The number of benzene rings is 1. The maximum atomic E-state index is 13.0. The van der Waals surface area contributed by atoms with Crippen LogP contribution < -0.4 is 5.73 Å². The molecular formula is C13H13ClFN3O. The summed E-state index contributed by atoms with van der Waals surface area (Å²) in [5.74, 6) is 0.376. The summed E-state index contributed by atoms with van der Waals surface area (Å²) in [6.45, 7) is 0.